The SMILES string of the molecule is Nc1nc2c(sc(=O)n2CCN2CCN(c3ccc(OCCC4CCOCC4)cc3)CC2)c2nc(-c3ccco3)nn12. The molecule has 0 atom stereocenters. The first-order chi connectivity index (χ1) is 20.6. The third-order valence-electron chi connectivity index (χ3n) is 8.21. The van der Waals surface area contributed by atoms with Crippen LogP contribution in [0.15, 0.2) is 51.9 Å². The van der Waals surface area contributed by atoms with Gasteiger partial charge >= 0.3 is 4.87 Å². The number of nitrogens with two attached hydrogens (primary N) is 1. The van der Waals surface area contributed by atoms with E-state index in [0.717, 1.165) is 88.9 Å². The summed E-state index contributed by atoms with van der Waals surface area (Å²) in [6.45, 7) is 7.45. The monoisotopic (exact) mass is 590 g/mol. The molecule has 13 heteroatoms. The van der Waals surface area contributed by atoms with Crippen molar-refractivity contribution in [3.05, 3.63) is 52.3 Å². The molecule has 2 N–H and O–H groups in total. The van der Waals surface area contributed by atoms with Crippen molar-refractivity contribution in [2.75, 3.05) is 63.2 Å². The van der Waals surface area contributed by atoms with Gasteiger partial charge in [-0.05, 0) is 61.6 Å². The lowest BCUT2D eigenvalue weighted by Gasteiger charge is -2.36. The highest BCUT2D eigenvalue weighted by atomic mass is 32.1. The molecule has 5 aromatic rings. The highest BCUT2D eigenvalue weighted by Gasteiger charge is 2.22. The molecule has 42 heavy (non-hydrogen) atoms. The zero-order valence-electron chi connectivity index (χ0n) is 23.4. The number of nitrogens with zero attached hydrogens (tertiary/aromatic N) is 7. The predicted octanol–water partition coefficient (Wildman–Crippen LogP) is 3.36. The second-order valence-corrected chi connectivity index (χ2v) is 11.8. The van der Waals surface area contributed by atoms with E-state index >= 15 is 0 Å². The largest absolute Gasteiger partial charge is 0.494 e. The summed E-state index contributed by atoms with van der Waals surface area (Å²) in [6, 6.07) is 12.0. The first-order valence-corrected chi connectivity index (χ1v) is 15.3. The van der Waals surface area contributed by atoms with Crippen LogP contribution in [0.3, 0.4) is 0 Å². The summed E-state index contributed by atoms with van der Waals surface area (Å²) in [7, 11) is 0. The van der Waals surface area contributed by atoms with Crippen molar-refractivity contribution in [1.82, 2.24) is 29.0 Å². The topological polar surface area (TPSA) is 129 Å². The molecule has 2 fully saturated rings. The van der Waals surface area contributed by atoms with Crippen LogP contribution in [-0.4, -0.2) is 81.6 Å². The number of benzene rings is 1. The lowest BCUT2D eigenvalue weighted by molar-refractivity contribution is 0.0593. The molecule has 0 unspecified atom stereocenters. The minimum Gasteiger partial charge on any atom is -0.494 e. The molecule has 12 nitrogen and oxygen atoms in total. The van der Waals surface area contributed by atoms with Crippen molar-refractivity contribution in [3.8, 4) is 17.3 Å². The summed E-state index contributed by atoms with van der Waals surface area (Å²) in [5.41, 5.74) is 8.48. The van der Waals surface area contributed by atoms with Crippen molar-refractivity contribution in [1.29, 1.82) is 0 Å². The van der Waals surface area contributed by atoms with E-state index in [4.69, 9.17) is 19.6 Å². The van der Waals surface area contributed by atoms with Crippen LogP contribution in [0.25, 0.3) is 27.6 Å². The van der Waals surface area contributed by atoms with Gasteiger partial charge in [0.05, 0.1) is 12.9 Å². The number of hydrogen-bond acceptors (Lipinski definition) is 11. The van der Waals surface area contributed by atoms with Gasteiger partial charge in [0.2, 0.25) is 11.8 Å². The number of furan rings is 1. The van der Waals surface area contributed by atoms with E-state index in [9.17, 15) is 4.79 Å². The molecular formula is C29H34N8O4S. The Labute approximate surface area is 246 Å². The number of rotatable bonds is 9. The Hall–Kier alpha value is -3.94. The highest BCUT2D eigenvalue weighted by Crippen LogP contribution is 2.26. The van der Waals surface area contributed by atoms with Gasteiger partial charge in [-0.3, -0.25) is 14.3 Å². The lowest BCUT2D eigenvalue weighted by atomic mass is 9.97. The maximum atomic E-state index is 13.0. The molecule has 2 saturated heterocycles. The molecule has 0 spiro atoms. The van der Waals surface area contributed by atoms with Crippen molar-refractivity contribution < 1.29 is 13.9 Å². The van der Waals surface area contributed by atoms with Crippen LogP contribution in [0.1, 0.15) is 19.3 Å². The molecule has 0 amide bonds. The number of fused-ring (bicyclic) bond motifs is 3. The number of nitrogen functional groups attached to an aromatic ring is 1. The number of thiazole rings is 1. The Bertz CT molecular complexity index is 1700. The average molecular weight is 591 g/mol. The van der Waals surface area contributed by atoms with Crippen LogP contribution >= 0.6 is 11.3 Å². The van der Waals surface area contributed by atoms with E-state index in [-0.39, 0.29) is 10.8 Å². The van der Waals surface area contributed by atoms with Crippen LogP contribution in [0, 0.1) is 5.92 Å². The van der Waals surface area contributed by atoms with E-state index in [0.29, 0.717) is 40.0 Å². The number of ether oxygens (including phenoxy) is 2. The molecule has 1 aromatic carbocycles. The van der Waals surface area contributed by atoms with E-state index in [1.165, 1.54) is 10.2 Å². The maximum absolute atomic E-state index is 13.0. The smallest absolute Gasteiger partial charge is 0.309 e. The second kappa shape index (κ2) is 11.7. The number of aromatic nitrogens is 5. The van der Waals surface area contributed by atoms with Gasteiger partial charge in [0.15, 0.2) is 17.1 Å². The number of piperazine rings is 1. The Morgan fingerprint density at radius 1 is 1.00 bits per heavy atom. The third-order valence-corrected chi connectivity index (χ3v) is 9.17. The van der Waals surface area contributed by atoms with Crippen molar-refractivity contribution >= 4 is 39.0 Å². The molecule has 6 heterocycles. The Balaban J connectivity index is 0.947. The molecule has 2 aliphatic rings. The lowest BCUT2D eigenvalue weighted by Crippen LogP contribution is -2.47. The molecule has 0 aliphatic carbocycles. The van der Waals surface area contributed by atoms with Gasteiger partial charge in [0, 0.05) is 58.2 Å². The second-order valence-electron chi connectivity index (χ2n) is 10.8. The Morgan fingerprint density at radius 2 is 1.81 bits per heavy atom. The van der Waals surface area contributed by atoms with Crippen LogP contribution in [0.4, 0.5) is 11.6 Å². The summed E-state index contributed by atoms with van der Waals surface area (Å²) in [6.07, 6.45) is 4.93. The molecule has 0 bridgehead atoms. The number of anilines is 2. The first-order valence-electron chi connectivity index (χ1n) is 14.5. The third kappa shape index (κ3) is 5.46. The predicted molar refractivity (Wildman–Crippen MR) is 161 cm³/mol. The Morgan fingerprint density at radius 3 is 2.57 bits per heavy atom. The maximum Gasteiger partial charge on any atom is 0.309 e. The minimum atomic E-state index is -0.0822. The van der Waals surface area contributed by atoms with Crippen LogP contribution in [0.2, 0.25) is 0 Å². The van der Waals surface area contributed by atoms with Gasteiger partial charge in [0.25, 0.3) is 0 Å². The van der Waals surface area contributed by atoms with Crippen LogP contribution < -0.4 is 20.2 Å². The number of hydrogen-bond donors (Lipinski definition) is 1. The molecule has 4 aromatic heterocycles. The van der Waals surface area contributed by atoms with Crippen molar-refractivity contribution in [2.24, 2.45) is 5.92 Å². The van der Waals surface area contributed by atoms with E-state index < -0.39 is 0 Å². The van der Waals surface area contributed by atoms with Gasteiger partial charge in [0.1, 0.15) is 10.4 Å². The highest BCUT2D eigenvalue weighted by molar-refractivity contribution is 7.17. The molecule has 7 rings (SSSR count). The molecule has 0 saturated carbocycles. The van der Waals surface area contributed by atoms with Crippen molar-refractivity contribution in [2.45, 2.75) is 25.8 Å². The van der Waals surface area contributed by atoms with Gasteiger partial charge in [-0.25, -0.2) is 4.98 Å². The van der Waals surface area contributed by atoms with Gasteiger partial charge in [-0.1, -0.05) is 11.3 Å². The van der Waals surface area contributed by atoms with Crippen LogP contribution in [0.5, 0.6) is 5.75 Å². The zero-order chi connectivity index (χ0) is 28.5. The van der Waals surface area contributed by atoms with Crippen molar-refractivity contribution in [3.63, 3.8) is 0 Å². The molecule has 2 aliphatic heterocycles. The van der Waals surface area contributed by atoms with Gasteiger partial charge in [-0.15, -0.1) is 5.10 Å². The minimum absolute atomic E-state index is 0.0822. The van der Waals surface area contributed by atoms with E-state index in [2.05, 4.69) is 49.1 Å². The quantitative estimate of drug-likeness (QED) is 0.273. The summed E-state index contributed by atoms with van der Waals surface area (Å²) in [5.74, 6) is 2.75. The molecule has 220 valence electrons. The average Bonchev–Trinajstić information content (AvgIpc) is 3.77. The fourth-order valence-electron chi connectivity index (χ4n) is 5.74. The fourth-order valence-corrected chi connectivity index (χ4v) is 6.67. The van der Waals surface area contributed by atoms with E-state index in [1.807, 2.05) is 0 Å². The standard InChI is InChI=1S/C29H34N8O4S/c30-28-32-26-24(27-31-25(33-37(27)28)23-2-1-16-41-23)42-29(38)36(26)15-12-34-10-13-35(14-11-34)21-3-5-22(6-4-21)40-19-9-20-7-17-39-18-8-20/h1-6,16,20H,7-15,17-19H2,(H2,30,32). The summed E-state index contributed by atoms with van der Waals surface area (Å²) >= 11 is 1.12. The van der Waals surface area contributed by atoms with Crippen LogP contribution in [-0.2, 0) is 11.3 Å². The summed E-state index contributed by atoms with van der Waals surface area (Å²) < 4.78 is 20.7. The van der Waals surface area contributed by atoms with Gasteiger partial charge in [-0.2, -0.15) is 9.50 Å². The summed E-state index contributed by atoms with van der Waals surface area (Å²) in [5, 5.41) is 4.43. The molecule has 0 radical (unpaired) electrons. The zero-order valence-corrected chi connectivity index (χ0v) is 24.2. The first kappa shape index (κ1) is 26.9. The fraction of sp³-hybridized carbons (Fsp3) is 0.448. The normalized spacial score (nSPS) is 17.0. The van der Waals surface area contributed by atoms with E-state index in [1.54, 1.807) is 23.0 Å². The van der Waals surface area contributed by atoms with Gasteiger partial charge < -0.3 is 24.5 Å². The Kier molecular flexibility index (Phi) is 7.53. The summed E-state index contributed by atoms with van der Waals surface area (Å²) in [4.78, 5) is 26.8. The molecular weight excluding hydrogens is 556 g/mol.